The summed E-state index contributed by atoms with van der Waals surface area (Å²) in [5.41, 5.74) is 0.729. The molecule has 8 heteroatoms. The van der Waals surface area contributed by atoms with E-state index in [0.717, 1.165) is 17.2 Å². The Bertz CT molecular complexity index is 1230. The summed E-state index contributed by atoms with van der Waals surface area (Å²) < 4.78 is 51.2. The third-order valence-corrected chi connectivity index (χ3v) is 7.26. The van der Waals surface area contributed by atoms with Crippen LogP contribution in [0.15, 0.2) is 72.8 Å². The molecule has 0 radical (unpaired) electrons. The van der Waals surface area contributed by atoms with Gasteiger partial charge in [0.2, 0.25) is 0 Å². The summed E-state index contributed by atoms with van der Waals surface area (Å²) in [6, 6.07) is 21.4. The fourth-order valence-electron chi connectivity index (χ4n) is 4.50. The van der Waals surface area contributed by atoms with Crippen LogP contribution in [-0.4, -0.2) is 37.7 Å². The fraction of sp³-hybridized carbons (Fsp3) is 0.387. The SMILES string of the molecule is COC(=O)C(C)(C)c1cccc(OCCCN(Cc2cccc(C(F)(F)F)c2Cl)CC(C)c2ccccc2)c1. The fourth-order valence-corrected chi connectivity index (χ4v) is 4.79. The zero-order valence-corrected chi connectivity index (χ0v) is 23.5. The number of methoxy groups -OCH3 is 1. The van der Waals surface area contributed by atoms with Gasteiger partial charge in [-0.25, -0.2) is 0 Å². The highest BCUT2D eigenvalue weighted by Crippen LogP contribution is 2.36. The zero-order valence-electron chi connectivity index (χ0n) is 22.7. The maximum absolute atomic E-state index is 13.4. The van der Waals surface area contributed by atoms with Crippen LogP contribution >= 0.6 is 11.6 Å². The molecule has 0 bridgehead atoms. The van der Waals surface area contributed by atoms with E-state index in [2.05, 4.69) is 11.8 Å². The van der Waals surface area contributed by atoms with E-state index in [1.165, 1.54) is 13.2 Å². The third kappa shape index (κ3) is 8.23. The van der Waals surface area contributed by atoms with Crippen LogP contribution in [0.2, 0.25) is 5.02 Å². The smallest absolute Gasteiger partial charge is 0.417 e. The van der Waals surface area contributed by atoms with Crippen LogP contribution in [0.3, 0.4) is 0 Å². The number of carbonyl (C=O) groups is 1. The van der Waals surface area contributed by atoms with E-state index in [1.807, 2.05) is 54.6 Å². The van der Waals surface area contributed by atoms with E-state index < -0.39 is 17.2 Å². The Morgan fingerprint density at radius 2 is 1.69 bits per heavy atom. The van der Waals surface area contributed by atoms with Gasteiger partial charge in [-0.1, -0.05) is 73.1 Å². The second-order valence-corrected chi connectivity index (χ2v) is 10.5. The standard InChI is InChI=1S/C31H35ClF3NO3/c1-22(23-11-6-5-7-12-23)20-36(21-24-13-8-16-27(28(24)32)31(33,34)35)17-10-18-39-26-15-9-14-25(19-26)30(2,3)29(37)38-4/h5-9,11-16,19,22H,10,17-18,20-21H2,1-4H3. The Balaban J connectivity index is 1.70. The van der Waals surface area contributed by atoms with Crippen LogP contribution in [0, 0.1) is 0 Å². The van der Waals surface area contributed by atoms with Crippen LogP contribution < -0.4 is 4.74 Å². The maximum atomic E-state index is 13.4. The summed E-state index contributed by atoms with van der Waals surface area (Å²) in [5.74, 6) is 0.458. The molecule has 0 amide bonds. The maximum Gasteiger partial charge on any atom is 0.417 e. The summed E-state index contributed by atoms with van der Waals surface area (Å²) in [6.45, 7) is 7.60. The zero-order chi connectivity index (χ0) is 28.6. The van der Waals surface area contributed by atoms with Crippen LogP contribution in [0.4, 0.5) is 13.2 Å². The van der Waals surface area contributed by atoms with Gasteiger partial charge in [0.15, 0.2) is 0 Å². The van der Waals surface area contributed by atoms with Gasteiger partial charge in [0.1, 0.15) is 5.75 Å². The van der Waals surface area contributed by atoms with Crippen LogP contribution in [0.1, 0.15) is 55.4 Å². The van der Waals surface area contributed by atoms with Crippen LogP contribution in [0.5, 0.6) is 5.75 Å². The first kappa shape index (κ1) is 30.5. The number of benzene rings is 3. The quantitative estimate of drug-likeness (QED) is 0.166. The molecule has 0 heterocycles. The topological polar surface area (TPSA) is 38.8 Å². The lowest BCUT2D eigenvalue weighted by Gasteiger charge is -2.27. The molecule has 0 saturated carbocycles. The molecule has 0 spiro atoms. The van der Waals surface area contributed by atoms with E-state index in [0.29, 0.717) is 37.4 Å². The second kappa shape index (κ2) is 13.4. The molecule has 3 rings (SSSR count). The van der Waals surface area contributed by atoms with Crippen LogP contribution in [0.25, 0.3) is 0 Å². The van der Waals surface area contributed by atoms with Gasteiger partial charge in [-0.3, -0.25) is 9.69 Å². The lowest BCUT2D eigenvalue weighted by atomic mass is 9.85. The molecule has 39 heavy (non-hydrogen) atoms. The summed E-state index contributed by atoms with van der Waals surface area (Å²) in [5, 5.41) is -0.261. The molecule has 3 aromatic carbocycles. The number of ether oxygens (including phenoxy) is 2. The monoisotopic (exact) mass is 561 g/mol. The van der Waals surface area contributed by atoms with Gasteiger partial charge in [-0.05, 0) is 61.1 Å². The number of hydrogen-bond donors (Lipinski definition) is 0. The first-order valence-electron chi connectivity index (χ1n) is 12.9. The van der Waals surface area contributed by atoms with Gasteiger partial charge in [0.05, 0.1) is 29.7 Å². The van der Waals surface area contributed by atoms with Gasteiger partial charge < -0.3 is 9.47 Å². The van der Waals surface area contributed by atoms with E-state index in [9.17, 15) is 18.0 Å². The number of esters is 1. The summed E-state index contributed by atoms with van der Waals surface area (Å²) >= 11 is 6.21. The highest BCUT2D eigenvalue weighted by Gasteiger charge is 2.34. The lowest BCUT2D eigenvalue weighted by Crippen LogP contribution is -2.30. The van der Waals surface area contributed by atoms with Gasteiger partial charge in [0, 0.05) is 19.6 Å². The molecule has 210 valence electrons. The predicted molar refractivity (Wildman–Crippen MR) is 148 cm³/mol. The molecule has 0 aromatic heterocycles. The second-order valence-electron chi connectivity index (χ2n) is 10.2. The van der Waals surface area contributed by atoms with Gasteiger partial charge >= 0.3 is 12.1 Å². The third-order valence-electron chi connectivity index (χ3n) is 6.82. The predicted octanol–water partition coefficient (Wildman–Crippen LogP) is 7.88. The average molecular weight is 562 g/mol. The Kier molecular flexibility index (Phi) is 10.4. The highest BCUT2D eigenvalue weighted by atomic mass is 35.5. The molecular weight excluding hydrogens is 527 g/mol. The largest absolute Gasteiger partial charge is 0.494 e. The van der Waals surface area contributed by atoms with E-state index in [1.54, 1.807) is 19.9 Å². The minimum Gasteiger partial charge on any atom is -0.494 e. The molecule has 0 saturated heterocycles. The minimum absolute atomic E-state index is 0.161. The van der Waals surface area contributed by atoms with Crippen molar-refractivity contribution in [3.05, 3.63) is 100 Å². The highest BCUT2D eigenvalue weighted by molar-refractivity contribution is 6.32. The van der Waals surface area contributed by atoms with E-state index >= 15 is 0 Å². The Morgan fingerprint density at radius 1 is 1.00 bits per heavy atom. The van der Waals surface area contributed by atoms with Crippen molar-refractivity contribution >= 4 is 17.6 Å². The van der Waals surface area contributed by atoms with Crippen molar-refractivity contribution < 1.29 is 27.4 Å². The molecule has 3 aromatic rings. The molecule has 0 aliphatic heterocycles. The molecule has 1 unspecified atom stereocenters. The molecule has 0 N–H and O–H groups in total. The average Bonchev–Trinajstić information content (AvgIpc) is 2.91. The number of rotatable bonds is 12. The molecular formula is C31H35ClF3NO3. The number of nitrogens with zero attached hydrogens (tertiary/aromatic N) is 1. The number of alkyl halides is 3. The summed E-state index contributed by atoms with van der Waals surface area (Å²) in [6.07, 6.45) is -3.87. The number of hydrogen-bond acceptors (Lipinski definition) is 4. The summed E-state index contributed by atoms with van der Waals surface area (Å²) in [7, 11) is 1.36. The Morgan fingerprint density at radius 3 is 2.36 bits per heavy atom. The number of carbonyl (C=O) groups excluding carboxylic acids is 1. The van der Waals surface area contributed by atoms with Gasteiger partial charge in [-0.2, -0.15) is 13.2 Å². The molecule has 0 aliphatic rings. The van der Waals surface area contributed by atoms with Crippen molar-refractivity contribution in [2.75, 3.05) is 26.8 Å². The molecule has 1 atom stereocenters. The number of halogens is 4. The van der Waals surface area contributed by atoms with Crippen molar-refractivity contribution in [1.29, 1.82) is 0 Å². The first-order valence-corrected chi connectivity index (χ1v) is 13.2. The van der Waals surface area contributed by atoms with Crippen molar-refractivity contribution in [3.8, 4) is 5.75 Å². The molecule has 4 nitrogen and oxygen atoms in total. The van der Waals surface area contributed by atoms with Crippen LogP contribution in [-0.2, 0) is 27.7 Å². The summed E-state index contributed by atoms with van der Waals surface area (Å²) in [4.78, 5) is 14.3. The van der Waals surface area contributed by atoms with E-state index in [4.69, 9.17) is 21.1 Å². The Hall–Kier alpha value is -3.03. The molecule has 0 aliphatic carbocycles. The van der Waals surface area contributed by atoms with Crippen molar-refractivity contribution in [2.24, 2.45) is 0 Å². The van der Waals surface area contributed by atoms with Crippen molar-refractivity contribution in [3.63, 3.8) is 0 Å². The van der Waals surface area contributed by atoms with Crippen molar-refractivity contribution in [1.82, 2.24) is 4.90 Å². The Labute approximate surface area is 233 Å². The van der Waals surface area contributed by atoms with Gasteiger partial charge in [-0.15, -0.1) is 0 Å². The molecule has 0 fully saturated rings. The van der Waals surface area contributed by atoms with Gasteiger partial charge in [0.25, 0.3) is 0 Å². The normalized spacial score (nSPS) is 12.8. The van der Waals surface area contributed by atoms with E-state index in [-0.39, 0.29) is 23.5 Å². The first-order chi connectivity index (χ1) is 18.4. The lowest BCUT2D eigenvalue weighted by molar-refractivity contribution is -0.146. The van der Waals surface area contributed by atoms with Crippen molar-refractivity contribution in [2.45, 2.75) is 51.2 Å². The minimum atomic E-state index is -4.51.